The second-order valence-corrected chi connectivity index (χ2v) is 6.33. The lowest BCUT2D eigenvalue weighted by Crippen LogP contribution is -2.34. The van der Waals surface area contributed by atoms with Crippen molar-refractivity contribution < 1.29 is 4.92 Å². The van der Waals surface area contributed by atoms with Crippen molar-refractivity contribution in [1.29, 1.82) is 0 Å². The van der Waals surface area contributed by atoms with Crippen LogP contribution in [0.15, 0.2) is 24.3 Å². The van der Waals surface area contributed by atoms with Crippen LogP contribution in [0.5, 0.6) is 0 Å². The molecule has 0 bridgehead atoms. The van der Waals surface area contributed by atoms with Crippen LogP contribution in [0, 0.1) is 15.5 Å². The van der Waals surface area contributed by atoms with Gasteiger partial charge in [0.2, 0.25) is 0 Å². The molecule has 0 spiro atoms. The minimum absolute atomic E-state index is 0.147. The molecule has 1 aromatic carbocycles. The Morgan fingerprint density at radius 3 is 2.70 bits per heavy atom. The van der Waals surface area contributed by atoms with Gasteiger partial charge < -0.3 is 5.32 Å². The number of benzene rings is 1. The van der Waals surface area contributed by atoms with Gasteiger partial charge in [0.05, 0.1) is 4.92 Å². The van der Waals surface area contributed by atoms with Crippen molar-refractivity contribution in [1.82, 2.24) is 5.32 Å². The van der Waals surface area contributed by atoms with Gasteiger partial charge in [-0.15, -0.1) is 0 Å². The first kappa shape index (κ1) is 15.0. The van der Waals surface area contributed by atoms with E-state index in [0.717, 1.165) is 12.1 Å². The molecule has 2 rings (SSSR count). The summed E-state index contributed by atoms with van der Waals surface area (Å²) >= 11 is 0. The predicted octanol–water partition coefficient (Wildman–Crippen LogP) is 4.22. The summed E-state index contributed by atoms with van der Waals surface area (Å²) in [7, 11) is 0. The highest BCUT2D eigenvalue weighted by molar-refractivity contribution is 5.35. The minimum Gasteiger partial charge on any atom is -0.310 e. The number of nitrogens with one attached hydrogen (secondary N) is 1. The molecule has 0 amide bonds. The summed E-state index contributed by atoms with van der Waals surface area (Å²) in [6, 6.07) is 7.06. The summed E-state index contributed by atoms with van der Waals surface area (Å²) in [6.45, 7) is 5.40. The summed E-state index contributed by atoms with van der Waals surface area (Å²) in [5.41, 5.74) is 1.53. The third kappa shape index (κ3) is 3.79. The zero-order valence-corrected chi connectivity index (χ0v) is 12.4. The van der Waals surface area contributed by atoms with Gasteiger partial charge in [-0.25, -0.2) is 0 Å². The topological polar surface area (TPSA) is 55.2 Å². The third-order valence-electron chi connectivity index (χ3n) is 4.48. The Hall–Kier alpha value is -1.42. The summed E-state index contributed by atoms with van der Waals surface area (Å²) < 4.78 is 0. The van der Waals surface area contributed by atoms with Gasteiger partial charge in [-0.2, -0.15) is 0 Å². The Morgan fingerprint density at radius 1 is 1.35 bits per heavy atom. The van der Waals surface area contributed by atoms with Crippen LogP contribution in [0.3, 0.4) is 0 Å². The first-order valence-corrected chi connectivity index (χ1v) is 7.48. The van der Waals surface area contributed by atoms with E-state index in [1.165, 1.54) is 32.1 Å². The molecule has 1 aromatic rings. The summed E-state index contributed by atoms with van der Waals surface area (Å²) in [5.74, 6) is 0. The summed E-state index contributed by atoms with van der Waals surface area (Å²) in [5, 5.41) is 14.4. The molecule has 1 atom stereocenters. The molecule has 1 N–H and O–H groups in total. The smallest absolute Gasteiger partial charge is 0.269 e. The van der Waals surface area contributed by atoms with Gasteiger partial charge >= 0.3 is 0 Å². The van der Waals surface area contributed by atoms with Crippen molar-refractivity contribution in [2.24, 2.45) is 5.41 Å². The summed E-state index contributed by atoms with van der Waals surface area (Å²) in [4.78, 5) is 10.5. The van der Waals surface area contributed by atoms with Gasteiger partial charge in [0, 0.05) is 24.7 Å². The predicted molar refractivity (Wildman–Crippen MR) is 80.7 cm³/mol. The van der Waals surface area contributed by atoms with Crippen molar-refractivity contribution in [3.63, 3.8) is 0 Å². The molecule has 1 aliphatic carbocycles. The van der Waals surface area contributed by atoms with Gasteiger partial charge in [-0.3, -0.25) is 10.1 Å². The Labute approximate surface area is 120 Å². The Kier molecular flexibility index (Phi) is 4.76. The van der Waals surface area contributed by atoms with Crippen LogP contribution in [-0.4, -0.2) is 11.5 Å². The van der Waals surface area contributed by atoms with E-state index >= 15 is 0 Å². The molecular formula is C16H24N2O2. The van der Waals surface area contributed by atoms with Crippen LogP contribution >= 0.6 is 0 Å². The first-order valence-electron chi connectivity index (χ1n) is 7.48. The lowest BCUT2D eigenvalue weighted by atomic mass is 9.75. The monoisotopic (exact) mass is 276 g/mol. The second kappa shape index (κ2) is 6.35. The van der Waals surface area contributed by atoms with Crippen LogP contribution in [0.4, 0.5) is 5.69 Å². The van der Waals surface area contributed by atoms with E-state index in [2.05, 4.69) is 19.2 Å². The molecule has 0 aliphatic heterocycles. The number of nitrogens with zero attached hydrogens (tertiary/aromatic N) is 1. The van der Waals surface area contributed by atoms with Crippen LogP contribution in [0.25, 0.3) is 0 Å². The molecule has 0 radical (unpaired) electrons. The number of hydrogen-bond donors (Lipinski definition) is 1. The van der Waals surface area contributed by atoms with E-state index in [1.807, 2.05) is 6.07 Å². The Morgan fingerprint density at radius 2 is 2.05 bits per heavy atom. The maximum atomic E-state index is 10.8. The third-order valence-corrected chi connectivity index (χ3v) is 4.48. The largest absolute Gasteiger partial charge is 0.310 e. The molecule has 1 unspecified atom stereocenters. The van der Waals surface area contributed by atoms with E-state index in [4.69, 9.17) is 0 Å². The molecule has 1 aliphatic rings. The van der Waals surface area contributed by atoms with Crippen molar-refractivity contribution >= 4 is 5.69 Å². The fourth-order valence-corrected chi connectivity index (χ4v) is 3.01. The quantitative estimate of drug-likeness (QED) is 0.647. The van der Waals surface area contributed by atoms with Gasteiger partial charge in [0.1, 0.15) is 0 Å². The zero-order chi connectivity index (χ0) is 14.6. The molecule has 0 aromatic heterocycles. The van der Waals surface area contributed by atoms with Crippen molar-refractivity contribution in [3.8, 4) is 0 Å². The molecule has 0 heterocycles. The minimum atomic E-state index is -0.335. The second-order valence-electron chi connectivity index (χ2n) is 6.33. The van der Waals surface area contributed by atoms with Gasteiger partial charge in [-0.1, -0.05) is 38.3 Å². The number of non-ortho nitro benzene ring substituents is 1. The van der Waals surface area contributed by atoms with E-state index < -0.39 is 0 Å². The van der Waals surface area contributed by atoms with Crippen LogP contribution in [-0.2, 0) is 0 Å². The standard InChI is InChI=1S/C16H24N2O2/c1-13(14-7-6-8-15(11-14)18(19)20)17-12-16(2)9-4-3-5-10-16/h6-8,11,13,17H,3-5,9-10,12H2,1-2H3. The number of rotatable bonds is 5. The van der Waals surface area contributed by atoms with Gasteiger partial charge in [0.25, 0.3) is 5.69 Å². The SMILES string of the molecule is CC(NCC1(C)CCCCC1)c1cccc([N+](=O)[O-])c1. The van der Waals surface area contributed by atoms with E-state index in [-0.39, 0.29) is 16.7 Å². The van der Waals surface area contributed by atoms with Gasteiger partial charge in [0.15, 0.2) is 0 Å². The van der Waals surface area contributed by atoms with Gasteiger partial charge in [-0.05, 0) is 30.7 Å². The number of nitro groups is 1. The molecule has 4 heteroatoms. The fourth-order valence-electron chi connectivity index (χ4n) is 3.01. The molecule has 20 heavy (non-hydrogen) atoms. The van der Waals surface area contributed by atoms with Crippen molar-refractivity contribution in [2.45, 2.75) is 52.0 Å². The highest BCUT2D eigenvalue weighted by Crippen LogP contribution is 2.35. The highest BCUT2D eigenvalue weighted by atomic mass is 16.6. The molecule has 0 saturated heterocycles. The fraction of sp³-hybridized carbons (Fsp3) is 0.625. The van der Waals surface area contributed by atoms with E-state index in [9.17, 15) is 10.1 Å². The average Bonchev–Trinajstić information content (AvgIpc) is 2.46. The lowest BCUT2D eigenvalue weighted by molar-refractivity contribution is -0.384. The van der Waals surface area contributed by atoms with Crippen molar-refractivity contribution in [3.05, 3.63) is 39.9 Å². The normalized spacial score (nSPS) is 19.5. The molecule has 1 saturated carbocycles. The first-order chi connectivity index (χ1) is 9.50. The van der Waals surface area contributed by atoms with Crippen LogP contribution < -0.4 is 5.32 Å². The number of hydrogen-bond acceptors (Lipinski definition) is 3. The maximum Gasteiger partial charge on any atom is 0.269 e. The number of nitro benzene ring substituents is 1. The Balaban J connectivity index is 1.96. The highest BCUT2D eigenvalue weighted by Gasteiger charge is 2.27. The van der Waals surface area contributed by atoms with Crippen molar-refractivity contribution in [2.75, 3.05) is 6.54 Å². The Bertz CT molecular complexity index is 467. The average molecular weight is 276 g/mol. The summed E-state index contributed by atoms with van der Waals surface area (Å²) in [6.07, 6.45) is 6.56. The van der Waals surface area contributed by atoms with E-state index in [1.54, 1.807) is 18.2 Å². The van der Waals surface area contributed by atoms with E-state index in [0.29, 0.717) is 5.41 Å². The molecular weight excluding hydrogens is 252 g/mol. The lowest BCUT2D eigenvalue weighted by Gasteiger charge is -2.35. The molecule has 4 nitrogen and oxygen atoms in total. The zero-order valence-electron chi connectivity index (χ0n) is 12.4. The molecule has 110 valence electrons. The van der Waals surface area contributed by atoms with Crippen LogP contribution in [0.1, 0.15) is 57.6 Å². The molecule has 1 fully saturated rings. The maximum absolute atomic E-state index is 10.8. The van der Waals surface area contributed by atoms with Crippen LogP contribution in [0.2, 0.25) is 0 Å².